The molecule has 1 atom stereocenters. The van der Waals surface area contributed by atoms with Crippen LogP contribution < -0.4 is 5.32 Å². The first-order valence-corrected chi connectivity index (χ1v) is 7.02. The molecule has 100 valence electrons. The molecule has 1 aromatic rings. The van der Waals surface area contributed by atoms with Gasteiger partial charge in [-0.3, -0.25) is 14.9 Å². The fourth-order valence-electron chi connectivity index (χ4n) is 1.48. The predicted octanol–water partition coefficient (Wildman–Crippen LogP) is 3.04. The Morgan fingerprint density at radius 1 is 1.61 bits per heavy atom. The Hall–Kier alpha value is -1.14. The van der Waals surface area contributed by atoms with Crippen LogP contribution in [0.3, 0.4) is 0 Å². The Balaban J connectivity index is 2.51. The highest BCUT2D eigenvalue weighted by Gasteiger charge is 2.16. The summed E-state index contributed by atoms with van der Waals surface area (Å²) in [6.07, 6.45) is 1.79. The van der Waals surface area contributed by atoms with E-state index in [0.717, 1.165) is 24.2 Å². The number of amides is 1. The number of hydrogen-bond acceptors (Lipinski definition) is 4. The van der Waals surface area contributed by atoms with Crippen LogP contribution in [0.5, 0.6) is 0 Å². The van der Waals surface area contributed by atoms with Gasteiger partial charge < -0.3 is 5.32 Å². The van der Waals surface area contributed by atoms with Crippen molar-refractivity contribution >= 4 is 33.8 Å². The molecule has 1 amide bonds. The van der Waals surface area contributed by atoms with Gasteiger partial charge in [0, 0.05) is 18.5 Å². The molecule has 0 saturated carbocycles. The fraction of sp³-hybridized carbons (Fsp3) is 0.545. The third-order valence-corrected chi connectivity index (χ3v) is 3.90. The van der Waals surface area contributed by atoms with Crippen molar-refractivity contribution in [2.24, 2.45) is 5.92 Å². The van der Waals surface area contributed by atoms with Crippen LogP contribution in [0.1, 0.15) is 29.4 Å². The van der Waals surface area contributed by atoms with Crippen molar-refractivity contribution in [1.82, 2.24) is 5.32 Å². The number of hydrogen-bond donors (Lipinski definition) is 1. The van der Waals surface area contributed by atoms with E-state index in [1.165, 1.54) is 12.1 Å². The highest BCUT2D eigenvalue weighted by atomic mass is 35.5. The van der Waals surface area contributed by atoms with Crippen LogP contribution in [-0.2, 0) is 0 Å². The Morgan fingerprint density at radius 2 is 2.33 bits per heavy atom. The summed E-state index contributed by atoms with van der Waals surface area (Å²) in [7, 11) is 0. The molecule has 18 heavy (non-hydrogen) atoms. The van der Waals surface area contributed by atoms with Crippen LogP contribution in [0.15, 0.2) is 12.1 Å². The zero-order valence-electron chi connectivity index (χ0n) is 10.0. The van der Waals surface area contributed by atoms with E-state index in [0.29, 0.717) is 23.2 Å². The van der Waals surface area contributed by atoms with Gasteiger partial charge in [0.2, 0.25) is 0 Å². The Bertz CT molecular complexity index is 422. The number of rotatable bonds is 7. The third kappa shape index (κ3) is 4.27. The molecule has 0 aliphatic heterocycles. The van der Waals surface area contributed by atoms with Gasteiger partial charge in [-0.05, 0) is 18.4 Å². The summed E-state index contributed by atoms with van der Waals surface area (Å²) in [4.78, 5) is 22.1. The summed E-state index contributed by atoms with van der Waals surface area (Å²) in [6.45, 7) is 2.59. The van der Waals surface area contributed by atoms with Crippen molar-refractivity contribution in [3.8, 4) is 0 Å². The van der Waals surface area contributed by atoms with Crippen molar-refractivity contribution in [3.05, 3.63) is 27.1 Å². The van der Waals surface area contributed by atoms with Gasteiger partial charge in [-0.1, -0.05) is 24.7 Å². The van der Waals surface area contributed by atoms with E-state index in [1.807, 2.05) is 6.92 Å². The topological polar surface area (TPSA) is 72.2 Å². The summed E-state index contributed by atoms with van der Waals surface area (Å²) in [6, 6.07) is 2.82. The molecule has 1 heterocycles. The molecule has 0 aliphatic rings. The molecular formula is C11H15ClN2O3S. The van der Waals surface area contributed by atoms with E-state index in [9.17, 15) is 14.9 Å². The van der Waals surface area contributed by atoms with E-state index in [-0.39, 0.29) is 10.9 Å². The van der Waals surface area contributed by atoms with E-state index < -0.39 is 4.92 Å². The fourth-order valence-corrected chi connectivity index (χ4v) is 2.52. The van der Waals surface area contributed by atoms with Crippen LogP contribution in [0.2, 0.25) is 0 Å². The van der Waals surface area contributed by atoms with Gasteiger partial charge in [0.15, 0.2) is 0 Å². The van der Waals surface area contributed by atoms with Crippen molar-refractivity contribution in [1.29, 1.82) is 0 Å². The second kappa shape index (κ2) is 7.33. The number of carbonyl (C=O) groups is 1. The van der Waals surface area contributed by atoms with Crippen LogP contribution >= 0.6 is 22.9 Å². The molecule has 7 heteroatoms. The average Bonchev–Trinajstić information content (AvgIpc) is 2.83. The predicted molar refractivity (Wildman–Crippen MR) is 72.4 cm³/mol. The lowest BCUT2D eigenvalue weighted by molar-refractivity contribution is -0.380. The van der Waals surface area contributed by atoms with Crippen LogP contribution in [0, 0.1) is 16.0 Å². The maximum atomic E-state index is 11.7. The average molecular weight is 291 g/mol. The van der Waals surface area contributed by atoms with Crippen molar-refractivity contribution in [2.45, 2.75) is 19.8 Å². The van der Waals surface area contributed by atoms with Gasteiger partial charge in [0.25, 0.3) is 5.91 Å². The lowest BCUT2D eigenvalue weighted by Gasteiger charge is -2.13. The summed E-state index contributed by atoms with van der Waals surface area (Å²) in [5.41, 5.74) is 0. The lowest BCUT2D eigenvalue weighted by atomic mass is 10.0. The maximum Gasteiger partial charge on any atom is 0.324 e. The van der Waals surface area contributed by atoms with Gasteiger partial charge in [0.05, 0.1) is 9.80 Å². The van der Waals surface area contributed by atoms with Gasteiger partial charge in [-0.15, -0.1) is 11.6 Å². The van der Waals surface area contributed by atoms with Gasteiger partial charge in [-0.25, -0.2) is 0 Å². The highest BCUT2D eigenvalue weighted by Crippen LogP contribution is 2.23. The molecule has 1 N–H and O–H groups in total. The van der Waals surface area contributed by atoms with E-state index in [2.05, 4.69) is 5.32 Å². The summed E-state index contributed by atoms with van der Waals surface area (Å²) >= 11 is 6.54. The number of thiophene rings is 1. The first-order chi connectivity index (χ1) is 8.58. The molecule has 0 fully saturated rings. The molecule has 1 rings (SSSR count). The Kier molecular flexibility index (Phi) is 6.07. The van der Waals surface area contributed by atoms with Gasteiger partial charge >= 0.3 is 5.00 Å². The minimum atomic E-state index is -0.496. The Morgan fingerprint density at radius 3 is 2.83 bits per heavy atom. The number of nitrogens with zero attached hydrogens (tertiary/aromatic N) is 1. The second-order valence-corrected chi connectivity index (χ2v) is 5.30. The second-order valence-electron chi connectivity index (χ2n) is 3.86. The van der Waals surface area contributed by atoms with Gasteiger partial charge in [-0.2, -0.15) is 0 Å². The minimum absolute atomic E-state index is 0.0204. The lowest BCUT2D eigenvalue weighted by Crippen LogP contribution is -2.28. The first kappa shape index (κ1) is 14.9. The van der Waals surface area contributed by atoms with Crippen molar-refractivity contribution < 1.29 is 9.72 Å². The van der Waals surface area contributed by atoms with Crippen molar-refractivity contribution in [2.75, 3.05) is 12.4 Å². The zero-order valence-corrected chi connectivity index (χ0v) is 11.6. The van der Waals surface area contributed by atoms with Crippen LogP contribution in [-0.4, -0.2) is 23.3 Å². The summed E-state index contributed by atoms with van der Waals surface area (Å²) in [5.74, 6) is 0.654. The molecule has 0 bridgehead atoms. The monoisotopic (exact) mass is 290 g/mol. The highest BCUT2D eigenvalue weighted by molar-refractivity contribution is 7.17. The smallest absolute Gasteiger partial charge is 0.324 e. The SMILES string of the molecule is CCC(CCCl)CNC(=O)c1ccc([N+](=O)[O-])s1. The van der Waals surface area contributed by atoms with E-state index >= 15 is 0 Å². The van der Waals surface area contributed by atoms with Crippen molar-refractivity contribution in [3.63, 3.8) is 0 Å². The van der Waals surface area contributed by atoms with E-state index in [1.54, 1.807) is 0 Å². The molecule has 0 aromatic carbocycles. The standard InChI is InChI=1S/C11H15ClN2O3S/c1-2-8(5-6-12)7-13-11(15)9-3-4-10(18-9)14(16)17/h3-4,8H,2,5-7H2,1H3,(H,13,15). The first-order valence-electron chi connectivity index (χ1n) is 5.66. The summed E-state index contributed by atoms with van der Waals surface area (Å²) < 4.78 is 0. The van der Waals surface area contributed by atoms with Crippen LogP contribution in [0.4, 0.5) is 5.00 Å². The molecule has 1 aromatic heterocycles. The summed E-state index contributed by atoms with van der Waals surface area (Å²) in [5, 5.41) is 13.3. The number of halogens is 1. The largest absolute Gasteiger partial charge is 0.351 e. The molecular weight excluding hydrogens is 276 g/mol. The third-order valence-electron chi connectivity index (χ3n) is 2.64. The molecule has 5 nitrogen and oxygen atoms in total. The van der Waals surface area contributed by atoms with E-state index in [4.69, 9.17) is 11.6 Å². The number of nitro groups is 1. The Labute approximate surface area is 114 Å². The number of alkyl halides is 1. The molecule has 1 unspecified atom stereocenters. The molecule has 0 spiro atoms. The quantitative estimate of drug-likeness (QED) is 0.476. The number of carbonyl (C=O) groups excluding carboxylic acids is 1. The maximum absolute atomic E-state index is 11.7. The zero-order chi connectivity index (χ0) is 13.5. The normalized spacial score (nSPS) is 12.1. The molecule has 0 aliphatic carbocycles. The van der Waals surface area contributed by atoms with Crippen LogP contribution in [0.25, 0.3) is 0 Å². The molecule has 0 saturated heterocycles. The number of nitrogens with one attached hydrogen (secondary N) is 1. The van der Waals surface area contributed by atoms with Gasteiger partial charge in [0.1, 0.15) is 0 Å². The molecule has 0 radical (unpaired) electrons. The minimum Gasteiger partial charge on any atom is -0.351 e.